The number of nitrogens with one attached hydrogen (secondary N) is 1. The van der Waals surface area contributed by atoms with Gasteiger partial charge >= 0.3 is 6.18 Å². The Morgan fingerprint density at radius 1 is 1.38 bits per heavy atom. The first-order valence-electron chi connectivity index (χ1n) is 7.60. The fourth-order valence-electron chi connectivity index (χ4n) is 3.04. The Hall–Kier alpha value is -0.610. The highest BCUT2D eigenvalue weighted by atomic mass is 127. The topological polar surface area (TPSA) is 15.3 Å². The number of hydrogen-bond acceptors (Lipinski definition) is 3. The van der Waals surface area contributed by atoms with Gasteiger partial charge in [0, 0.05) is 13.1 Å². The van der Waals surface area contributed by atoms with Crippen LogP contribution in [0.4, 0.5) is 23.2 Å². The average Bonchev–Trinajstić information content (AvgIpc) is 2.78. The summed E-state index contributed by atoms with van der Waals surface area (Å²) in [6.45, 7) is 1.17. The molecule has 24 heavy (non-hydrogen) atoms. The van der Waals surface area contributed by atoms with Crippen molar-refractivity contribution in [2.75, 3.05) is 25.5 Å². The molecule has 1 aliphatic heterocycles. The molecule has 1 fully saturated rings. The summed E-state index contributed by atoms with van der Waals surface area (Å²) in [5.41, 5.74) is 1.04. The normalized spacial score (nSPS) is 22.9. The molecule has 3 rings (SSSR count). The summed E-state index contributed by atoms with van der Waals surface area (Å²) in [6, 6.07) is 4.95. The smallest absolute Gasteiger partial charge is 0.378 e. The van der Waals surface area contributed by atoms with Gasteiger partial charge < -0.3 is 10.2 Å². The number of benzene rings is 1. The zero-order valence-corrected chi connectivity index (χ0v) is 15.9. The number of halogens is 5. The molecule has 2 nitrogen and oxygen atoms in total. The van der Waals surface area contributed by atoms with Crippen molar-refractivity contribution in [3.05, 3.63) is 26.6 Å². The van der Waals surface area contributed by atoms with Crippen LogP contribution in [0.15, 0.2) is 18.2 Å². The molecule has 1 saturated heterocycles. The van der Waals surface area contributed by atoms with E-state index in [0.29, 0.717) is 26.8 Å². The Balaban J connectivity index is 1.91. The van der Waals surface area contributed by atoms with Gasteiger partial charge in [-0.2, -0.15) is 13.2 Å². The SMILES string of the molecule is CN1CC[C@H](Nc2cccc3c(CC(F)(F)F)c(I)sc23)[C@@H](F)C1. The Labute approximate surface area is 155 Å². The van der Waals surface area contributed by atoms with Gasteiger partial charge in [-0.1, -0.05) is 12.1 Å². The molecule has 0 radical (unpaired) electrons. The first kappa shape index (κ1) is 18.2. The lowest BCUT2D eigenvalue weighted by Gasteiger charge is -2.33. The van der Waals surface area contributed by atoms with Crippen molar-refractivity contribution in [1.82, 2.24) is 4.90 Å². The van der Waals surface area contributed by atoms with Crippen LogP contribution in [-0.4, -0.2) is 43.4 Å². The number of nitrogens with zero attached hydrogens (tertiary/aromatic N) is 1. The van der Waals surface area contributed by atoms with E-state index in [9.17, 15) is 17.6 Å². The summed E-state index contributed by atoms with van der Waals surface area (Å²) in [7, 11) is 1.88. The van der Waals surface area contributed by atoms with Crippen LogP contribution in [-0.2, 0) is 6.42 Å². The van der Waals surface area contributed by atoms with Crippen LogP contribution in [0.3, 0.4) is 0 Å². The largest absolute Gasteiger partial charge is 0.393 e. The van der Waals surface area contributed by atoms with E-state index < -0.39 is 18.8 Å². The number of rotatable bonds is 3. The number of alkyl halides is 4. The fourth-order valence-corrected chi connectivity index (χ4v) is 5.20. The predicted octanol–water partition coefficient (Wildman–Crippen LogP) is 5.06. The number of thiophene rings is 1. The van der Waals surface area contributed by atoms with E-state index in [-0.39, 0.29) is 6.04 Å². The molecular formula is C16H17F4IN2S. The average molecular weight is 472 g/mol. The summed E-state index contributed by atoms with van der Waals surface area (Å²) in [4.78, 5) is 1.94. The summed E-state index contributed by atoms with van der Waals surface area (Å²) in [6.07, 6.45) is -5.50. The number of fused-ring (bicyclic) bond motifs is 1. The zero-order chi connectivity index (χ0) is 17.5. The molecule has 2 aromatic rings. The first-order chi connectivity index (χ1) is 11.2. The maximum absolute atomic E-state index is 14.2. The highest BCUT2D eigenvalue weighted by molar-refractivity contribution is 14.1. The molecule has 2 heterocycles. The van der Waals surface area contributed by atoms with Crippen LogP contribution in [0.1, 0.15) is 12.0 Å². The minimum absolute atomic E-state index is 0.308. The molecule has 0 saturated carbocycles. The molecule has 1 N–H and O–H groups in total. The first-order valence-corrected chi connectivity index (χ1v) is 9.50. The molecule has 0 spiro atoms. The van der Waals surface area contributed by atoms with Crippen molar-refractivity contribution in [2.24, 2.45) is 0 Å². The lowest BCUT2D eigenvalue weighted by molar-refractivity contribution is -0.127. The maximum atomic E-state index is 14.2. The number of likely N-dealkylation sites (tertiary alicyclic amines) is 1. The molecule has 0 bridgehead atoms. The van der Waals surface area contributed by atoms with Gasteiger partial charge in [0.25, 0.3) is 0 Å². The third-order valence-electron chi connectivity index (χ3n) is 4.23. The summed E-state index contributed by atoms with van der Waals surface area (Å²) >= 11 is 3.29. The molecule has 0 aliphatic carbocycles. The Morgan fingerprint density at radius 2 is 2.12 bits per heavy atom. The lowest BCUT2D eigenvalue weighted by Crippen LogP contribution is -2.46. The number of anilines is 1. The predicted molar refractivity (Wildman–Crippen MR) is 98.7 cm³/mol. The maximum Gasteiger partial charge on any atom is 0.393 e. The van der Waals surface area contributed by atoms with Crippen LogP contribution < -0.4 is 5.32 Å². The van der Waals surface area contributed by atoms with Gasteiger partial charge in [0.2, 0.25) is 0 Å². The molecule has 132 valence electrons. The number of piperidine rings is 1. The van der Waals surface area contributed by atoms with Gasteiger partial charge in [-0.05, 0) is 53.1 Å². The molecule has 8 heteroatoms. The Morgan fingerprint density at radius 3 is 2.79 bits per heavy atom. The monoisotopic (exact) mass is 472 g/mol. The molecule has 0 amide bonds. The van der Waals surface area contributed by atoms with Gasteiger partial charge in [0.05, 0.1) is 25.7 Å². The van der Waals surface area contributed by atoms with E-state index >= 15 is 0 Å². The van der Waals surface area contributed by atoms with Crippen LogP contribution in [0, 0.1) is 2.88 Å². The van der Waals surface area contributed by atoms with Crippen molar-refractivity contribution >= 4 is 49.7 Å². The minimum Gasteiger partial charge on any atom is -0.378 e. The second kappa shape index (κ2) is 6.95. The quantitative estimate of drug-likeness (QED) is 0.496. The van der Waals surface area contributed by atoms with Crippen LogP contribution >= 0.6 is 33.9 Å². The van der Waals surface area contributed by atoms with E-state index in [1.54, 1.807) is 12.1 Å². The Bertz CT molecular complexity index is 731. The Kier molecular flexibility index (Phi) is 5.27. The third-order valence-corrected chi connectivity index (χ3v) is 6.61. The van der Waals surface area contributed by atoms with Crippen molar-refractivity contribution in [2.45, 2.75) is 31.2 Å². The van der Waals surface area contributed by atoms with Crippen molar-refractivity contribution in [3.8, 4) is 0 Å². The van der Waals surface area contributed by atoms with Gasteiger partial charge in [0.15, 0.2) is 0 Å². The van der Waals surface area contributed by atoms with Crippen molar-refractivity contribution in [1.29, 1.82) is 0 Å². The standard InChI is InChI=1S/C16H17F4IN2S/c1-23-6-5-12(11(17)8-23)22-13-4-2-3-9-10(7-16(18,19)20)15(21)24-14(9)13/h2-4,11-12,22H,5-8H2,1H3/t11-,12-/m0/s1. The summed E-state index contributed by atoms with van der Waals surface area (Å²) in [5, 5.41) is 3.83. The lowest BCUT2D eigenvalue weighted by atomic mass is 10.0. The van der Waals surface area contributed by atoms with E-state index in [0.717, 1.165) is 16.9 Å². The van der Waals surface area contributed by atoms with Gasteiger partial charge in [-0.15, -0.1) is 11.3 Å². The molecule has 1 aromatic heterocycles. The molecule has 2 atom stereocenters. The summed E-state index contributed by atoms with van der Waals surface area (Å²) in [5.74, 6) is 0. The molecule has 0 unspecified atom stereocenters. The van der Waals surface area contributed by atoms with Crippen LogP contribution in [0.5, 0.6) is 0 Å². The van der Waals surface area contributed by atoms with E-state index in [2.05, 4.69) is 5.32 Å². The third kappa shape index (κ3) is 3.96. The number of hydrogen-bond donors (Lipinski definition) is 1. The van der Waals surface area contributed by atoms with Gasteiger partial charge in [0.1, 0.15) is 6.17 Å². The molecule has 1 aliphatic rings. The highest BCUT2D eigenvalue weighted by Crippen LogP contribution is 2.40. The van der Waals surface area contributed by atoms with Gasteiger partial charge in [-0.25, -0.2) is 4.39 Å². The van der Waals surface area contributed by atoms with Gasteiger partial charge in [-0.3, -0.25) is 0 Å². The van der Waals surface area contributed by atoms with Crippen molar-refractivity contribution < 1.29 is 17.6 Å². The van der Waals surface area contributed by atoms with Crippen LogP contribution in [0.2, 0.25) is 0 Å². The fraction of sp³-hybridized carbons (Fsp3) is 0.500. The highest BCUT2D eigenvalue weighted by Gasteiger charge is 2.32. The molecule has 1 aromatic carbocycles. The minimum atomic E-state index is -4.24. The molecular weight excluding hydrogens is 455 g/mol. The summed E-state index contributed by atoms with van der Waals surface area (Å²) < 4.78 is 54.1. The second-order valence-corrected chi connectivity index (χ2v) is 8.98. The second-order valence-electron chi connectivity index (χ2n) is 6.15. The van der Waals surface area contributed by atoms with Crippen LogP contribution in [0.25, 0.3) is 10.1 Å². The van der Waals surface area contributed by atoms with E-state index in [1.165, 1.54) is 11.3 Å². The van der Waals surface area contributed by atoms with Crippen molar-refractivity contribution in [3.63, 3.8) is 0 Å². The van der Waals surface area contributed by atoms with E-state index in [4.69, 9.17) is 0 Å². The van der Waals surface area contributed by atoms with E-state index in [1.807, 2.05) is 40.6 Å². The zero-order valence-electron chi connectivity index (χ0n) is 13.0.